The third kappa shape index (κ3) is 2.65. The first-order valence-corrected chi connectivity index (χ1v) is 10.5. The average Bonchev–Trinajstić information content (AvgIpc) is 3.11. The van der Waals surface area contributed by atoms with E-state index >= 15 is 0 Å². The Bertz CT molecular complexity index is 1060. The second-order valence-corrected chi connectivity index (χ2v) is 9.15. The molecule has 11 heteroatoms. The van der Waals surface area contributed by atoms with E-state index < -0.39 is 35.4 Å². The molecule has 10 nitrogen and oxygen atoms in total. The Morgan fingerprint density at radius 3 is 2.60 bits per heavy atom. The molecule has 0 aliphatic carbocycles. The second-order valence-electron chi connectivity index (χ2n) is 7.97. The highest BCUT2D eigenvalue weighted by Crippen LogP contribution is 2.46. The van der Waals surface area contributed by atoms with Gasteiger partial charge in [0.05, 0.1) is 18.2 Å². The molecular weight excluding hydrogens is 408 g/mol. The molecule has 4 amide bonds. The topological polar surface area (TPSA) is 126 Å². The average molecular weight is 428 g/mol. The van der Waals surface area contributed by atoms with Crippen molar-refractivity contribution in [1.29, 1.82) is 0 Å². The van der Waals surface area contributed by atoms with E-state index in [4.69, 9.17) is 4.74 Å². The Kier molecular flexibility index (Phi) is 4.16. The maximum atomic E-state index is 13.1. The number of nitrogens with zero attached hydrogens (tertiary/aromatic N) is 4. The number of aromatic nitrogens is 3. The van der Waals surface area contributed by atoms with E-state index in [1.165, 1.54) is 11.3 Å². The highest BCUT2D eigenvalue weighted by Gasteiger charge is 2.63. The van der Waals surface area contributed by atoms with Crippen LogP contribution in [0.4, 0.5) is 10.6 Å². The number of carbonyl (C=O) groups excluding carboxylic acids is 3. The minimum absolute atomic E-state index is 0.106. The van der Waals surface area contributed by atoms with Gasteiger partial charge in [0.1, 0.15) is 15.8 Å². The number of pyridine rings is 1. The Morgan fingerprint density at radius 2 is 1.93 bits per heavy atom. The zero-order chi connectivity index (χ0) is 21.2. The summed E-state index contributed by atoms with van der Waals surface area (Å²) in [6, 6.07) is 0.514. The number of anilines is 1. The highest BCUT2D eigenvalue weighted by atomic mass is 32.1. The fourth-order valence-corrected chi connectivity index (χ4v) is 5.51. The number of ether oxygens (including phenoxy) is 1. The van der Waals surface area contributed by atoms with Gasteiger partial charge in [0.15, 0.2) is 5.41 Å². The van der Waals surface area contributed by atoms with Crippen LogP contribution in [-0.4, -0.2) is 57.8 Å². The van der Waals surface area contributed by atoms with E-state index in [0.29, 0.717) is 6.54 Å². The van der Waals surface area contributed by atoms with Gasteiger partial charge < -0.3 is 9.64 Å². The van der Waals surface area contributed by atoms with E-state index in [1.807, 2.05) is 31.7 Å². The van der Waals surface area contributed by atoms with Crippen molar-refractivity contribution in [2.75, 3.05) is 11.4 Å². The number of rotatable bonds is 1. The summed E-state index contributed by atoms with van der Waals surface area (Å²) in [4.78, 5) is 44.7. The van der Waals surface area contributed by atoms with Crippen LogP contribution in [0.5, 0.6) is 0 Å². The molecule has 3 aliphatic rings. The maximum absolute atomic E-state index is 13.1. The fraction of sp³-hybridized carbons (Fsp3) is 0.474. The van der Waals surface area contributed by atoms with E-state index in [9.17, 15) is 14.4 Å². The lowest BCUT2D eigenvalue weighted by Crippen LogP contribution is -2.75. The molecule has 2 fully saturated rings. The zero-order valence-corrected chi connectivity index (χ0v) is 17.4. The fourth-order valence-electron chi connectivity index (χ4n) is 4.83. The first kappa shape index (κ1) is 19.1. The van der Waals surface area contributed by atoms with E-state index in [1.54, 1.807) is 6.20 Å². The van der Waals surface area contributed by atoms with Crippen molar-refractivity contribution >= 4 is 35.0 Å². The lowest BCUT2D eigenvalue weighted by atomic mass is 9.67. The van der Waals surface area contributed by atoms with Gasteiger partial charge in [-0.2, -0.15) is 0 Å². The Labute approximate surface area is 176 Å². The number of imide groups is 2. The van der Waals surface area contributed by atoms with Gasteiger partial charge in [-0.1, -0.05) is 11.3 Å². The van der Waals surface area contributed by atoms with Gasteiger partial charge in [0.2, 0.25) is 11.8 Å². The largest absolute Gasteiger partial charge is 0.372 e. The number of morpholine rings is 1. The second kappa shape index (κ2) is 6.54. The molecule has 2 saturated heterocycles. The standard InChI is InChI=1S/C19H20N6O4S/c1-8-7-25-13(9(2)29-8)19(16(26)21-18(28)22-17(19)27)5-11-4-12(6-20-14(11)25)15-24-23-10(3)30-15/h4,6,8-9,13H,5,7H2,1-3H3,(H2,21,22,26,27,28)/t8-,9-,13+/m1/s1. The number of nitrogens with one attached hydrogen (secondary N) is 2. The molecule has 0 aromatic carbocycles. The van der Waals surface area contributed by atoms with Gasteiger partial charge in [0, 0.05) is 24.7 Å². The van der Waals surface area contributed by atoms with Gasteiger partial charge in [0.25, 0.3) is 0 Å². The predicted molar refractivity (Wildman–Crippen MR) is 107 cm³/mol. The van der Waals surface area contributed by atoms with E-state index in [-0.39, 0.29) is 12.5 Å². The van der Waals surface area contributed by atoms with Gasteiger partial charge in [-0.15, -0.1) is 10.2 Å². The molecule has 3 aliphatic heterocycles. The van der Waals surface area contributed by atoms with Crippen molar-refractivity contribution < 1.29 is 19.1 Å². The molecule has 2 N–H and O–H groups in total. The summed E-state index contributed by atoms with van der Waals surface area (Å²) in [5, 5.41) is 14.3. The van der Waals surface area contributed by atoms with E-state index in [0.717, 1.165) is 27.0 Å². The summed E-state index contributed by atoms with van der Waals surface area (Å²) in [6.45, 7) is 6.13. The molecule has 156 valence electrons. The summed E-state index contributed by atoms with van der Waals surface area (Å²) in [5.74, 6) is -0.506. The molecule has 2 aromatic heterocycles. The third-order valence-corrected chi connectivity index (χ3v) is 6.80. The van der Waals surface area contributed by atoms with Crippen LogP contribution in [0.15, 0.2) is 12.3 Å². The first-order valence-electron chi connectivity index (χ1n) is 9.68. The number of barbiturate groups is 1. The number of urea groups is 1. The van der Waals surface area contributed by atoms with E-state index in [2.05, 4.69) is 25.8 Å². The van der Waals surface area contributed by atoms with Gasteiger partial charge >= 0.3 is 6.03 Å². The zero-order valence-electron chi connectivity index (χ0n) is 16.6. The van der Waals surface area contributed by atoms with Crippen molar-refractivity contribution in [3.05, 3.63) is 22.8 Å². The normalized spacial score (nSPS) is 27.4. The lowest BCUT2D eigenvalue weighted by molar-refractivity contribution is -0.153. The summed E-state index contributed by atoms with van der Waals surface area (Å²) in [5.41, 5.74) is 0.0187. The van der Waals surface area contributed by atoms with Crippen LogP contribution in [0.1, 0.15) is 24.4 Å². The summed E-state index contributed by atoms with van der Waals surface area (Å²) >= 11 is 1.44. The van der Waals surface area contributed by atoms with Gasteiger partial charge in [-0.25, -0.2) is 9.78 Å². The number of hydrogen-bond donors (Lipinski definition) is 2. The monoisotopic (exact) mass is 428 g/mol. The lowest BCUT2D eigenvalue weighted by Gasteiger charge is -2.54. The Balaban J connectivity index is 1.68. The summed E-state index contributed by atoms with van der Waals surface area (Å²) in [6.07, 6.45) is 1.32. The molecular formula is C19H20N6O4S. The molecule has 5 heterocycles. The third-order valence-electron chi connectivity index (χ3n) is 5.91. The van der Waals surface area contributed by atoms with Crippen molar-refractivity contribution in [2.45, 2.75) is 45.4 Å². The van der Waals surface area contributed by atoms with Crippen LogP contribution in [0.3, 0.4) is 0 Å². The van der Waals surface area contributed by atoms with Crippen LogP contribution in [0.25, 0.3) is 10.6 Å². The highest BCUT2D eigenvalue weighted by molar-refractivity contribution is 7.14. The van der Waals surface area contributed by atoms with Crippen molar-refractivity contribution in [2.24, 2.45) is 5.41 Å². The molecule has 3 atom stereocenters. The predicted octanol–water partition coefficient (Wildman–Crippen LogP) is 0.799. The molecule has 30 heavy (non-hydrogen) atoms. The van der Waals surface area contributed by atoms with Crippen LogP contribution in [0.2, 0.25) is 0 Å². The molecule has 0 saturated carbocycles. The molecule has 0 bridgehead atoms. The Hall–Kier alpha value is -2.92. The molecule has 1 spiro atoms. The van der Waals surface area contributed by atoms with Crippen molar-refractivity contribution in [1.82, 2.24) is 25.8 Å². The number of carbonyl (C=O) groups is 3. The minimum atomic E-state index is -1.50. The summed E-state index contributed by atoms with van der Waals surface area (Å²) in [7, 11) is 0. The SMILES string of the molecule is Cc1nnc(-c2cnc3c(c2)CC2(C(=O)NC(=O)NC2=O)[C@@H]2[C@@H](C)O[C@H](C)CN32)s1. The van der Waals surface area contributed by atoms with Crippen molar-refractivity contribution in [3.63, 3.8) is 0 Å². The van der Waals surface area contributed by atoms with Crippen LogP contribution in [0, 0.1) is 12.3 Å². The first-order chi connectivity index (χ1) is 14.3. The molecule has 5 rings (SSSR count). The van der Waals surface area contributed by atoms with Crippen LogP contribution < -0.4 is 15.5 Å². The number of fused-ring (bicyclic) bond motifs is 4. The number of hydrogen-bond acceptors (Lipinski definition) is 9. The number of amides is 4. The van der Waals surface area contributed by atoms with Crippen LogP contribution >= 0.6 is 11.3 Å². The smallest absolute Gasteiger partial charge is 0.328 e. The molecule has 0 unspecified atom stereocenters. The Morgan fingerprint density at radius 1 is 1.20 bits per heavy atom. The maximum Gasteiger partial charge on any atom is 0.328 e. The minimum Gasteiger partial charge on any atom is -0.372 e. The quantitative estimate of drug-likeness (QED) is 0.639. The van der Waals surface area contributed by atoms with Crippen molar-refractivity contribution in [3.8, 4) is 10.6 Å². The van der Waals surface area contributed by atoms with Gasteiger partial charge in [-0.3, -0.25) is 20.2 Å². The molecule has 0 radical (unpaired) electrons. The van der Waals surface area contributed by atoms with Gasteiger partial charge in [-0.05, 0) is 32.4 Å². The summed E-state index contributed by atoms with van der Waals surface area (Å²) < 4.78 is 5.99. The van der Waals surface area contributed by atoms with Crippen LogP contribution in [-0.2, 0) is 20.7 Å². The number of aryl methyl sites for hydroxylation is 1. The molecule has 2 aromatic rings.